The minimum Gasteiger partial charge on any atom is -0.313 e. The second kappa shape index (κ2) is 3.26. The highest BCUT2D eigenvalue weighted by molar-refractivity contribution is 5.56. The molecule has 0 aliphatic carbocycles. The molecule has 2 heterocycles. The molecule has 4 heteroatoms. The first kappa shape index (κ1) is 7.79. The second-order valence-corrected chi connectivity index (χ2v) is 2.61. The molecule has 0 atom stereocenters. The third-order valence-electron chi connectivity index (χ3n) is 1.78. The van der Waals surface area contributed by atoms with Gasteiger partial charge in [0.15, 0.2) is 0 Å². The lowest BCUT2D eigenvalue weighted by Gasteiger charge is -1.96. The van der Waals surface area contributed by atoms with Gasteiger partial charge in [-0.2, -0.15) is 9.89 Å². The molecule has 1 N–H and O–H groups in total. The van der Waals surface area contributed by atoms with E-state index < -0.39 is 0 Å². The van der Waals surface area contributed by atoms with E-state index in [9.17, 15) is 0 Å². The second-order valence-electron chi connectivity index (χ2n) is 2.61. The molecule has 0 aromatic carbocycles. The highest BCUT2D eigenvalue weighted by Crippen LogP contribution is 2.13. The fourth-order valence-electron chi connectivity index (χ4n) is 1.12. The summed E-state index contributed by atoms with van der Waals surface area (Å²) in [7, 11) is 1.82. The highest BCUT2D eigenvalue weighted by Gasteiger charge is 1.99. The number of pyridine rings is 1. The third kappa shape index (κ3) is 1.51. The lowest BCUT2D eigenvalue weighted by Crippen LogP contribution is -2.08. The summed E-state index contributed by atoms with van der Waals surface area (Å²) in [4.78, 5) is 5.68. The maximum absolute atomic E-state index is 4.26. The summed E-state index contributed by atoms with van der Waals surface area (Å²) < 4.78 is 0. The average molecular weight is 174 g/mol. The molecule has 0 saturated heterocycles. The zero-order valence-electron chi connectivity index (χ0n) is 7.31. The number of aromatic nitrogens is 3. The van der Waals surface area contributed by atoms with Gasteiger partial charge in [0.2, 0.25) is 0 Å². The van der Waals surface area contributed by atoms with Crippen LogP contribution in [0.1, 0.15) is 0 Å². The van der Waals surface area contributed by atoms with E-state index in [1.165, 1.54) is 0 Å². The Balaban J connectivity index is 2.36. The van der Waals surface area contributed by atoms with E-state index in [0.29, 0.717) is 0 Å². The molecule has 4 nitrogen and oxygen atoms in total. The molecule has 0 fully saturated rings. The van der Waals surface area contributed by atoms with Crippen molar-refractivity contribution in [3.63, 3.8) is 0 Å². The van der Waals surface area contributed by atoms with Crippen LogP contribution in [-0.4, -0.2) is 21.9 Å². The molecule has 2 aromatic rings. The van der Waals surface area contributed by atoms with Gasteiger partial charge in [0.25, 0.3) is 0 Å². The van der Waals surface area contributed by atoms with Crippen LogP contribution in [0.5, 0.6) is 0 Å². The predicted molar refractivity (Wildman–Crippen MR) is 50.7 cm³/mol. The molecule has 0 aliphatic rings. The fraction of sp³-hybridized carbons (Fsp3) is 0.111. The Labute approximate surface area is 76.2 Å². The van der Waals surface area contributed by atoms with Crippen LogP contribution in [0.25, 0.3) is 11.3 Å². The Morgan fingerprint density at radius 2 is 2.31 bits per heavy atom. The summed E-state index contributed by atoms with van der Waals surface area (Å²) in [6.07, 6.45) is 5.41. The smallest absolute Gasteiger partial charge is 0.0959 e. The molecule has 13 heavy (non-hydrogen) atoms. The molecule has 0 spiro atoms. The first-order chi connectivity index (χ1) is 6.40. The van der Waals surface area contributed by atoms with E-state index >= 15 is 0 Å². The highest BCUT2D eigenvalue weighted by atomic mass is 15.5. The van der Waals surface area contributed by atoms with Crippen molar-refractivity contribution < 1.29 is 0 Å². The van der Waals surface area contributed by atoms with Gasteiger partial charge in [-0.25, -0.2) is 0 Å². The van der Waals surface area contributed by atoms with Crippen molar-refractivity contribution in [1.29, 1.82) is 0 Å². The fourth-order valence-corrected chi connectivity index (χ4v) is 1.12. The summed E-state index contributed by atoms with van der Waals surface area (Å²) in [5.41, 5.74) is 4.85. The molecular formula is C9H10N4. The molecule has 2 rings (SSSR count). The topological polar surface area (TPSA) is 42.7 Å². The average Bonchev–Trinajstić information content (AvgIpc) is 2.67. The number of hydrogen-bond acceptors (Lipinski definition) is 3. The van der Waals surface area contributed by atoms with Crippen molar-refractivity contribution in [2.24, 2.45) is 0 Å². The number of hydrogen-bond donors (Lipinski definition) is 1. The van der Waals surface area contributed by atoms with Crippen LogP contribution in [0, 0.1) is 0 Å². The van der Waals surface area contributed by atoms with Gasteiger partial charge in [-0.3, -0.25) is 4.98 Å². The van der Waals surface area contributed by atoms with Gasteiger partial charge in [0.1, 0.15) is 0 Å². The number of nitrogens with zero attached hydrogens (tertiary/aromatic N) is 3. The van der Waals surface area contributed by atoms with Gasteiger partial charge < -0.3 is 5.43 Å². The molecule has 0 aliphatic heterocycles. The zero-order valence-corrected chi connectivity index (χ0v) is 7.31. The van der Waals surface area contributed by atoms with Crippen LogP contribution >= 0.6 is 0 Å². The van der Waals surface area contributed by atoms with Crippen LogP contribution in [0.3, 0.4) is 0 Å². The summed E-state index contributed by atoms with van der Waals surface area (Å²) in [6.45, 7) is 0. The van der Waals surface area contributed by atoms with E-state index in [1.807, 2.05) is 31.4 Å². The Bertz CT molecular complexity index is 380. The molecule has 2 aromatic heterocycles. The minimum atomic E-state index is 0.919. The SMILES string of the molecule is CNn1ccc(-c2cccnc2)n1. The van der Waals surface area contributed by atoms with Crippen molar-refractivity contribution >= 4 is 0 Å². The van der Waals surface area contributed by atoms with E-state index in [0.717, 1.165) is 11.3 Å². The van der Waals surface area contributed by atoms with Crippen molar-refractivity contribution in [1.82, 2.24) is 14.9 Å². The van der Waals surface area contributed by atoms with Crippen molar-refractivity contribution in [3.8, 4) is 11.3 Å². The van der Waals surface area contributed by atoms with Crippen molar-refractivity contribution in [3.05, 3.63) is 36.8 Å². The largest absolute Gasteiger partial charge is 0.313 e. The van der Waals surface area contributed by atoms with Crippen LogP contribution in [-0.2, 0) is 0 Å². The molecule has 0 unspecified atom stereocenters. The minimum absolute atomic E-state index is 0.919. The molecule has 0 saturated carbocycles. The first-order valence-electron chi connectivity index (χ1n) is 4.04. The molecule has 0 amide bonds. The maximum Gasteiger partial charge on any atom is 0.0959 e. The maximum atomic E-state index is 4.26. The summed E-state index contributed by atoms with van der Waals surface area (Å²) in [5, 5.41) is 4.26. The third-order valence-corrected chi connectivity index (χ3v) is 1.78. The van der Waals surface area contributed by atoms with Gasteiger partial charge in [-0.15, -0.1) is 0 Å². The van der Waals surface area contributed by atoms with Crippen LogP contribution < -0.4 is 5.43 Å². The standard InChI is InChI=1S/C9H10N4/c1-10-13-6-4-9(12-13)8-3-2-5-11-7-8/h2-7,10H,1H3. The predicted octanol–water partition coefficient (Wildman–Crippen LogP) is 1.12. The molecule has 66 valence electrons. The van der Waals surface area contributed by atoms with E-state index in [4.69, 9.17) is 0 Å². The van der Waals surface area contributed by atoms with Crippen LogP contribution in [0.15, 0.2) is 36.8 Å². The van der Waals surface area contributed by atoms with Gasteiger partial charge in [-0.1, -0.05) is 0 Å². The molecular weight excluding hydrogens is 164 g/mol. The Morgan fingerprint density at radius 1 is 1.38 bits per heavy atom. The molecule has 0 bridgehead atoms. The Kier molecular flexibility index (Phi) is 1.96. The molecule has 0 radical (unpaired) electrons. The van der Waals surface area contributed by atoms with Gasteiger partial charge >= 0.3 is 0 Å². The normalized spacial score (nSPS) is 9.92. The lowest BCUT2D eigenvalue weighted by molar-refractivity contribution is 0.785. The number of nitrogens with one attached hydrogen (secondary N) is 1. The first-order valence-corrected chi connectivity index (χ1v) is 4.04. The van der Waals surface area contributed by atoms with Gasteiger partial charge in [-0.05, 0) is 18.2 Å². The Hall–Kier alpha value is -1.84. The summed E-state index contributed by atoms with van der Waals surface area (Å²) in [6, 6.07) is 5.82. The van der Waals surface area contributed by atoms with Crippen molar-refractivity contribution in [2.45, 2.75) is 0 Å². The zero-order chi connectivity index (χ0) is 9.10. The van der Waals surface area contributed by atoms with E-state index in [1.54, 1.807) is 17.2 Å². The Morgan fingerprint density at radius 3 is 2.92 bits per heavy atom. The quantitative estimate of drug-likeness (QED) is 0.741. The summed E-state index contributed by atoms with van der Waals surface area (Å²) in [5.74, 6) is 0. The van der Waals surface area contributed by atoms with E-state index in [2.05, 4.69) is 15.5 Å². The van der Waals surface area contributed by atoms with Crippen molar-refractivity contribution in [2.75, 3.05) is 12.5 Å². The van der Waals surface area contributed by atoms with Gasteiger partial charge in [0.05, 0.1) is 5.69 Å². The van der Waals surface area contributed by atoms with E-state index in [-0.39, 0.29) is 0 Å². The van der Waals surface area contributed by atoms with Crippen LogP contribution in [0.2, 0.25) is 0 Å². The van der Waals surface area contributed by atoms with Gasteiger partial charge in [0, 0.05) is 31.2 Å². The summed E-state index contributed by atoms with van der Waals surface area (Å²) >= 11 is 0. The van der Waals surface area contributed by atoms with Crippen LogP contribution in [0.4, 0.5) is 0 Å². The lowest BCUT2D eigenvalue weighted by atomic mass is 10.2. The monoisotopic (exact) mass is 174 g/mol. The number of rotatable bonds is 2.